The van der Waals surface area contributed by atoms with E-state index in [0.29, 0.717) is 12.6 Å². The van der Waals surface area contributed by atoms with Crippen LogP contribution in [0, 0.1) is 0 Å². The van der Waals surface area contributed by atoms with Crippen LogP contribution >= 0.6 is 0 Å². The van der Waals surface area contributed by atoms with Crippen molar-refractivity contribution in [3.05, 3.63) is 95.6 Å². The Morgan fingerprint density at radius 3 is 1.37 bits per heavy atom. The van der Waals surface area contributed by atoms with Crippen molar-refractivity contribution in [1.82, 2.24) is 0 Å². The van der Waals surface area contributed by atoms with Crippen LogP contribution in [-0.4, -0.2) is 45.1 Å². The zero-order valence-corrected chi connectivity index (χ0v) is 19.9. The van der Waals surface area contributed by atoms with Gasteiger partial charge < -0.3 is 33.3 Å². The fourth-order valence-corrected chi connectivity index (χ4v) is 3.39. The van der Waals surface area contributed by atoms with E-state index in [1.54, 1.807) is 14.2 Å². The molecular weight excluding hydrogens is 448 g/mol. The average Bonchev–Trinajstić information content (AvgIpc) is 2.92. The first kappa shape index (κ1) is 26.1. The molecule has 35 heavy (non-hydrogen) atoms. The summed E-state index contributed by atoms with van der Waals surface area (Å²) in [6.07, 6.45) is -1.70. The largest absolute Gasteiger partial charge is 0.497 e. The van der Waals surface area contributed by atoms with Crippen molar-refractivity contribution in [3.63, 3.8) is 0 Å². The Kier molecular flexibility index (Phi) is 10.4. The van der Waals surface area contributed by atoms with Gasteiger partial charge in [0.25, 0.3) is 0 Å². The predicted octanol–water partition coefficient (Wildman–Crippen LogP) is 4.16. The molecule has 0 fully saturated rings. The molecule has 0 aliphatic carbocycles. The normalized spacial score (nSPS) is 13.4. The second kappa shape index (κ2) is 14.0. The van der Waals surface area contributed by atoms with Gasteiger partial charge in [0.05, 0.1) is 34.0 Å². The standard InChI is InChI=1S/C28H30O7/c1-31-24-12-8-22(9-13-24)19-34-27(17-30)28(35-20-23-10-14-25(32-2)15-11-23)26(16-29)33-18-21-6-4-3-5-7-21/h3-17,26-28H,18-20H2,1-2H3/t26-,27+,28+/m0/s1. The Morgan fingerprint density at radius 2 is 0.971 bits per heavy atom. The molecule has 7 heteroatoms. The van der Waals surface area contributed by atoms with E-state index in [4.69, 9.17) is 23.7 Å². The Hall–Kier alpha value is -3.52. The molecule has 0 unspecified atom stereocenters. The van der Waals surface area contributed by atoms with Crippen molar-refractivity contribution in [3.8, 4) is 11.5 Å². The van der Waals surface area contributed by atoms with Crippen LogP contribution in [0.25, 0.3) is 0 Å². The quantitative estimate of drug-likeness (QED) is 0.304. The summed E-state index contributed by atoms with van der Waals surface area (Å²) >= 11 is 0. The number of rotatable bonds is 15. The molecule has 0 N–H and O–H groups in total. The minimum Gasteiger partial charge on any atom is -0.497 e. The highest BCUT2D eigenvalue weighted by Gasteiger charge is 2.32. The zero-order chi connectivity index (χ0) is 24.9. The highest BCUT2D eigenvalue weighted by Crippen LogP contribution is 2.19. The molecule has 0 saturated heterocycles. The molecule has 0 aromatic heterocycles. The van der Waals surface area contributed by atoms with Crippen molar-refractivity contribution in [2.75, 3.05) is 14.2 Å². The molecule has 0 aliphatic rings. The molecule has 0 radical (unpaired) electrons. The predicted molar refractivity (Wildman–Crippen MR) is 130 cm³/mol. The van der Waals surface area contributed by atoms with E-state index in [-0.39, 0.29) is 19.8 Å². The molecule has 3 rings (SSSR count). The first-order valence-corrected chi connectivity index (χ1v) is 11.2. The Bertz CT molecular complexity index is 1020. The van der Waals surface area contributed by atoms with Gasteiger partial charge in [0.15, 0.2) is 12.6 Å². The van der Waals surface area contributed by atoms with E-state index in [9.17, 15) is 9.59 Å². The van der Waals surface area contributed by atoms with E-state index in [1.165, 1.54) is 0 Å². The second-order valence-electron chi connectivity index (χ2n) is 7.78. The number of ether oxygens (including phenoxy) is 5. The molecule has 0 amide bonds. The summed E-state index contributed by atoms with van der Waals surface area (Å²) in [4.78, 5) is 24.1. The summed E-state index contributed by atoms with van der Waals surface area (Å²) in [6, 6.07) is 24.1. The van der Waals surface area contributed by atoms with Gasteiger partial charge >= 0.3 is 0 Å². The fraction of sp³-hybridized carbons (Fsp3) is 0.286. The molecule has 0 aliphatic heterocycles. The van der Waals surface area contributed by atoms with Crippen LogP contribution in [0.5, 0.6) is 11.5 Å². The zero-order valence-electron chi connectivity index (χ0n) is 19.9. The number of carbonyl (C=O) groups is 2. The minimum absolute atomic E-state index is 0.153. The van der Waals surface area contributed by atoms with Gasteiger partial charge in [0.1, 0.15) is 29.8 Å². The van der Waals surface area contributed by atoms with Gasteiger partial charge in [0.2, 0.25) is 0 Å². The molecule has 0 heterocycles. The molecule has 0 bridgehead atoms. The molecule has 3 aromatic carbocycles. The van der Waals surface area contributed by atoms with E-state index in [0.717, 1.165) is 28.2 Å². The number of methoxy groups -OCH3 is 2. The maximum atomic E-state index is 12.0. The first-order valence-electron chi connectivity index (χ1n) is 11.2. The molecule has 3 atom stereocenters. The van der Waals surface area contributed by atoms with Gasteiger partial charge in [-0.25, -0.2) is 0 Å². The van der Waals surface area contributed by atoms with Gasteiger partial charge in [-0.15, -0.1) is 0 Å². The number of aldehydes is 2. The van der Waals surface area contributed by atoms with Crippen molar-refractivity contribution in [1.29, 1.82) is 0 Å². The summed E-state index contributed by atoms with van der Waals surface area (Å²) < 4.78 is 28.1. The Labute approximate surface area is 205 Å². The first-order chi connectivity index (χ1) is 17.2. The van der Waals surface area contributed by atoms with Crippen LogP contribution < -0.4 is 9.47 Å². The summed E-state index contributed by atoms with van der Waals surface area (Å²) in [5.74, 6) is 1.44. The monoisotopic (exact) mass is 478 g/mol. The number of hydrogen-bond donors (Lipinski definition) is 0. The van der Waals surface area contributed by atoms with Crippen molar-refractivity contribution in [2.24, 2.45) is 0 Å². The van der Waals surface area contributed by atoms with Gasteiger partial charge in [0, 0.05) is 0 Å². The topological polar surface area (TPSA) is 80.3 Å². The number of carbonyl (C=O) groups excluding carboxylic acids is 2. The summed E-state index contributed by atoms with van der Waals surface area (Å²) in [7, 11) is 3.18. The van der Waals surface area contributed by atoms with Crippen LogP contribution in [-0.2, 0) is 43.6 Å². The third-order valence-corrected chi connectivity index (χ3v) is 5.40. The minimum atomic E-state index is -1.03. The molecule has 0 saturated carbocycles. The highest BCUT2D eigenvalue weighted by molar-refractivity contribution is 5.63. The maximum Gasteiger partial charge on any atom is 0.151 e. The SMILES string of the molecule is COc1ccc(CO[C@H]([C@H](C=O)OCc2ccccc2)[C@@H](C=O)OCc2ccc(OC)cc2)cc1. The third kappa shape index (κ3) is 8.03. The molecule has 184 valence electrons. The summed E-state index contributed by atoms with van der Waals surface area (Å²) in [6.45, 7) is 0.501. The van der Waals surface area contributed by atoms with Crippen LogP contribution in [0.15, 0.2) is 78.9 Å². The van der Waals surface area contributed by atoms with Crippen LogP contribution in [0.4, 0.5) is 0 Å². The van der Waals surface area contributed by atoms with Gasteiger partial charge in [-0.05, 0) is 41.0 Å². The lowest BCUT2D eigenvalue weighted by Gasteiger charge is -2.28. The summed E-state index contributed by atoms with van der Waals surface area (Å²) in [5, 5.41) is 0. The highest BCUT2D eigenvalue weighted by atomic mass is 16.6. The average molecular weight is 479 g/mol. The van der Waals surface area contributed by atoms with Crippen LogP contribution in [0.2, 0.25) is 0 Å². The third-order valence-electron chi connectivity index (χ3n) is 5.40. The van der Waals surface area contributed by atoms with Gasteiger partial charge in [-0.3, -0.25) is 0 Å². The smallest absolute Gasteiger partial charge is 0.151 e. The lowest BCUT2D eigenvalue weighted by molar-refractivity contribution is -0.161. The summed E-state index contributed by atoms with van der Waals surface area (Å²) in [5.41, 5.74) is 2.60. The molecule has 7 nitrogen and oxygen atoms in total. The van der Waals surface area contributed by atoms with Crippen molar-refractivity contribution >= 4 is 12.6 Å². The fourth-order valence-electron chi connectivity index (χ4n) is 3.39. The second-order valence-corrected chi connectivity index (χ2v) is 7.78. The van der Waals surface area contributed by atoms with Crippen LogP contribution in [0.1, 0.15) is 16.7 Å². The van der Waals surface area contributed by atoms with Gasteiger partial charge in [-0.1, -0.05) is 54.6 Å². The molecular formula is C28H30O7. The number of benzene rings is 3. The van der Waals surface area contributed by atoms with Crippen LogP contribution in [0.3, 0.4) is 0 Å². The molecule has 3 aromatic rings. The number of hydrogen-bond acceptors (Lipinski definition) is 7. The lowest BCUT2D eigenvalue weighted by atomic mass is 10.1. The Balaban J connectivity index is 1.72. The maximum absolute atomic E-state index is 12.0. The van der Waals surface area contributed by atoms with Crippen molar-refractivity contribution in [2.45, 2.75) is 38.1 Å². The van der Waals surface area contributed by atoms with Gasteiger partial charge in [-0.2, -0.15) is 0 Å². The lowest BCUT2D eigenvalue weighted by Crippen LogP contribution is -2.44. The van der Waals surface area contributed by atoms with E-state index in [1.807, 2.05) is 78.9 Å². The van der Waals surface area contributed by atoms with E-state index >= 15 is 0 Å². The van der Waals surface area contributed by atoms with Crippen molar-refractivity contribution < 1.29 is 33.3 Å². The van der Waals surface area contributed by atoms with E-state index < -0.39 is 18.3 Å². The Morgan fingerprint density at radius 1 is 0.571 bits per heavy atom. The molecule has 0 spiro atoms. The van der Waals surface area contributed by atoms with E-state index in [2.05, 4.69) is 0 Å².